The number of aliphatic hydroxyl groups is 1. The van der Waals surface area contributed by atoms with Crippen LogP contribution in [0.1, 0.15) is 41.6 Å². The van der Waals surface area contributed by atoms with Crippen LogP contribution in [0.4, 0.5) is 0 Å². The summed E-state index contributed by atoms with van der Waals surface area (Å²) in [6.45, 7) is 4.06. The van der Waals surface area contributed by atoms with Gasteiger partial charge in [0.1, 0.15) is 5.69 Å². The smallest absolute Gasteiger partial charge is 0.272 e. The van der Waals surface area contributed by atoms with Gasteiger partial charge in [0.15, 0.2) is 0 Å². The maximum atomic E-state index is 12.2. The second-order valence-corrected chi connectivity index (χ2v) is 5.50. The Bertz CT molecular complexity index is 578. The van der Waals surface area contributed by atoms with Crippen LogP contribution in [0, 0.1) is 5.92 Å². The third-order valence-electron chi connectivity index (χ3n) is 3.18. The van der Waals surface area contributed by atoms with Crippen LogP contribution in [0.25, 0.3) is 0 Å². The number of hydrogen-bond acceptors (Lipinski definition) is 3. The van der Waals surface area contributed by atoms with Gasteiger partial charge in [-0.1, -0.05) is 44.2 Å². The summed E-state index contributed by atoms with van der Waals surface area (Å²) in [7, 11) is 0. The fraction of sp³-hybridized carbons (Fsp3) is 0.375. The number of rotatable bonds is 6. The van der Waals surface area contributed by atoms with Gasteiger partial charge < -0.3 is 10.4 Å². The highest BCUT2D eigenvalue weighted by atomic mass is 16.3. The summed E-state index contributed by atoms with van der Waals surface area (Å²) < 4.78 is 0. The maximum absolute atomic E-state index is 12.2. The van der Waals surface area contributed by atoms with Gasteiger partial charge in [-0.3, -0.25) is 9.89 Å². The average molecular weight is 287 g/mol. The van der Waals surface area contributed by atoms with Crippen molar-refractivity contribution in [1.82, 2.24) is 15.5 Å². The molecular weight excluding hydrogens is 266 g/mol. The summed E-state index contributed by atoms with van der Waals surface area (Å²) in [5.41, 5.74) is 2.15. The normalized spacial score (nSPS) is 12.4. The Morgan fingerprint density at radius 1 is 1.33 bits per heavy atom. The van der Waals surface area contributed by atoms with Gasteiger partial charge in [-0.25, -0.2) is 0 Å². The molecule has 3 N–H and O–H groups in total. The third-order valence-corrected chi connectivity index (χ3v) is 3.18. The molecule has 5 nitrogen and oxygen atoms in total. The fourth-order valence-electron chi connectivity index (χ4n) is 2.17. The molecule has 1 amide bonds. The van der Waals surface area contributed by atoms with E-state index in [9.17, 15) is 9.90 Å². The summed E-state index contributed by atoms with van der Waals surface area (Å²) in [6.07, 6.45) is 0.850. The second-order valence-electron chi connectivity index (χ2n) is 5.50. The number of aromatic amines is 1. The molecule has 0 fully saturated rings. The number of carbonyl (C=O) groups is 1. The molecule has 0 aliphatic rings. The highest BCUT2D eigenvalue weighted by Gasteiger charge is 2.17. The number of aromatic nitrogens is 2. The lowest BCUT2D eigenvalue weighted by Crippen LogP contribution is -2.31. The molecule has 1 heterocycles. The lowest BCUT2D eigenvalue weighted by Gasteiger charge is -2.15. The van der Waals surface area contributed by atoms with E-state index in [1.165, 1.54) is 0 Å². The van der Waals surface area contributed by atoms with Crippen LogP contribution >= 0.6 is 0 Å². The van der Waals surface area contributed by atoms with Crippen molar-refractivity contribution in [2.75, 3.05) is 6.61 Å². The Labute approximate surface area is 124 Å². The van der Waals surface area contributed by atoms with Gasteiger partial charge in [-0.2, -0.15) is 5.10 Å². The minimum atomic E-state index is -0.427. The van der Waals surface area contributed by atoms with Crippen LogP contribution in [-0.2, 0) is 6.42 Å². The Balaban J connectivity index is 2.04. The van der Waals surface area contributed by atoms with Crippen molar-refractivity contribution in [3.8, 4) is 0 Å². The highest BCUT2D eigenvalue weighted by molar-refractivity contribution is 5.92. The summed E-state index contributed by atoms with van der Waals surface area (Å²) in [5, 5.41) is 19.2. The number of carbonyl (C=O) groups excluding carboxylic acids is 1. The third kappa shape index (κ3) is 4.16. The van der Waals surface area contributed by atoms with Crippen LogP contribution in [0.5, 0.6) is 0 Å². The summed E-state index contributed by atoms with van der Waals surface area (Å²) in [4.78, 5) is 12.2. The zero-order chi connectivity index (χ0) is 15.2. The van der Waals surface area contributed by atoms with Crippen LogP contribution in [0.15, 0.2) is 36.4 Å². The molecule has 0 aliphatic carbocycles. The van der Waals surface area contributed by atoms with Crippen molar-refractivity contribution in [3.63, 3.8) is 0 Å². The molecule has 1 aromatic heterocycles. The van der Waals surface area contributed by atoms with Crippen molar-refractivity contribution >= 4 is 5.91 Å². The maximum Gasteiger partial charge on any atom is 0.272 e. The standard InChI is InChI=1S/C16H21N3O2/c1-11(2)8-13-9-14(19-18-13)16(21)17-15(10-20)12-6-4-3-5-7-12/h3-7,9,11,15,20H,8,10H2,1-2H3,(H,17,21)(H,18,19)/t15-/m0/s1. The molecular formula is C16H21N3O2. The van der Waals surface area contributed by atoms with Gasteiger partial charge >= 0.3 is 0 Å². The zero-order valence-electron chi connectivity index (χ0n) is 12.3. The first kappa shape index (κ1) is 15.3. The molecule has 0 bridgehead atoms. The minimum Gasteiger partial charge on any atom is -0.394 e. The van der Waals surface area contributed by atoms with Crippen molar-refractivity contribution in [3.05, 3.63) is 53.3 Å². The van der Waals surface area contributed by atoms with E-state index in [1.807, 2.05) is 30.3 Å². The van der Waals surface area contributed by atoms with E-state index in [0.717, 1.165) is 17.7 Å². The molecule has 1 atom stereocenters. The van der Waals surface area contributed by atoms with Crippen molar-refractivity contribution in [1.29, 1.82) is 0 Å². The molecule has 0 aliphatic heterocycles. The number of nitrogens with one attached hydrogen (secondary N) is 2. The molecule has 21 heavy (non-hydrogen) atoms. The molecule has 2 rings (SSSR count). The molecule has 2 aromatic rings. The molecule has 0 spiro atoms. The first-order valence-electron chi connectivity index (χ1n) is 7.11. The quantitative estimate of drug-likeness (QED) is 0.761. The second kappa shape index (κ2) is 7.04. The lowest BCUT2D eigenvalue weighted by molar-refractivity contribution is 0.0911. The van der Waals surface area contributed by atoms with E-state index in [0.29, 0.717) is 11.6 Å². The van der Waals surface area contributed by atoms with Crippen molar-refractivity contribution < 1.29 is 9.90 Å². The van der Waals surface area contributed by atoms with E-state index in [4.69, 9.17) is 0 Å². The predicted molar refractivity (Wildman–Crippen MR) is 80.9 cm³/mol. The predicted octanol–water partition coefficient (Wildman–Crippen LogP) is 2.07. The van der Waals surface area contributed by atoms with Gasteiger partial charge in [-0.05, 0) is 24.0 Å². The van der Waals surface area contributed by atoms with Gasteiger partial charge in [0, 0.05) is 5.69 Å². The summed E-state index contributed by atoms with van der Waals surface area (Å²) in [6, 6.07) is 10.7. The topological polar surface area (TPSA) is 78.0 Å². The Morgan fingerprint density at radius 2 is 2.05 bits per heavy atom. The molecule has 112 valence electrons. The lowest BCUT2D eigenvalue weighted by atomic mass is 10.1. The molecule has 0 unspecified atom stereocenters. The Hall–Kier alpha value is -2.14. The van der Waals surface area contributed by atoms with E-state index in [2.05, 4.69) is 29.4 Å². The molecule has 5 heteroatoms. The SMILES string of the molecule is CC(C)Cc1cc(C(=O)N[C@@H](CO)c2ccccc2)n[nH]1. The van der Waals surface area contributed by atoms with Gasteiger partial charge in [0.2, 0.25) is 0 Å². The molecule has 0 saturated carbocycles. The largest absolute Gasteiger partial charge is 0.394 e. The van der Waals surface area contributed by atoms with E-state index >= 15 is 0 Å². The fourth-order valence-corrected chi connectivity index (χ4v) is 2.17. The van der Waals surface area contributed by atoms with E-state index < -0.39 is 6.04 Å². The highest BCUT2D eigenvalue weighted by Crippen LogP contribution is 2.13. The van der Waals surface area contributed by atoms with Gasteiger partial charge in [-0.15, -0.1) is 0 Å². The molecule has 0 saturated heterocycles. The number of amides is 1. The van der Waals surface area contributed by atoms with E-state index in [1.54, 1.807) is 6.07 Å². The number of nitrogens with zero attached hydrogens (tertiary/aromatic N) is 1. The summed E-state index contributed by atoms with van der Waals surface area (Å²) >= 11 is 0. The summed E-state index contributed by atoms with van der Waals surface area (Å²) in [5.74, 6) is 0.208. The van der Waals surface area contributed by atoms with Crippen LogP contribution < -0.4 is 5.32 Å². The van der Waals surface area contributed by atoms with Crippen LogP contribution in [0.3, 0.4) is 0 Å². The first-order valence-corrected chi connectivity index (χ1v) is 7.11. The number of H-pyrrole nitrogens is 1. The zero-order valence-corrected chi connectivity index (χ0v) is 12.3. The van der Waals surface area contributed by atoms with Crippen molar-refractivity contribution in [2.24, 2.45) is 5.92 Å². The van der Waals surface area contributed by atoms with Crippen molar-refractivity contribution in [2.45, 2.75) is 26.3 Å². The number of aliphatic hydroxyl groups excluding tert-OH is 1. The Morgan fingerprint density at radius 3 is 2.67 bits per heavy atom. The monoisotopic (exact) mass is 287 g/mol. The Kier molecular flexibility index (Phi) is 5.11. The molecule has 1 aromatic carbocycles. The van der Waals surface area contributed by atoms with Gasteiger partial charge in [0.25, 0.3) is 5.91 Å². The minimum absolute atomic E-state index is 0.154. The first-order chi connectivity index (χ1) is 10.1. The van der Waals surface area contributed by atoms with Crippen LogP contribution in [0.2, 0.25) is 0 Å². The molecule has 0 radical (unpaired) electrons. The number of benzene rings is 1. The number of hydrogen-bond donors (Lipinski definition) is 3. The van der Waals surface area contributed by atoms with Gasteiger partial charge in [0.05, 0.1) is 12.6 Å². The van der Waals surface area contributed by atoms with E-state index in [-0.39, 0.29) is 12.5 Å². The van der Waals surface area contributed by atoms with Crippen LogP contribution in [-0.4, -0.2) is 27.8 Å². The average Bonchev–Trinajstić information content (AvgIpc) is 2.93.